The number of amides is 1. The van der Waals surface area contributed by atoms with E-state index in [2.05, 4.69) is 11.8 Å². The van der Waals surface area contributed by atoms with Crippen LogP contribution in [0.5, 0.6) is 0 Å². The molecular weight excluding hydrogens is 268 g/mol. The number of hydrogen-bond donors (Lipinski definition) is 1. The highest BCUT2D eigenvalue weighted by molar-refractivity contribution is 7.12. The van der Waals surface area contributed by atoms with Gasteiger partial charge in [-0.1, -0.05) is 37.5 Å². The van der Waals surface area contributed by atoms with E-state index in [1.807, 2.05) is 23.4 Å². The van der Waals surface area contributed by atoms with E-state index in [-0.39, 0.29) is 5.91 Å². The summed E-state index contributed by atoms with van der Waals surface area (Å²) in [6, 6.07) is 2.28. The molecular formula is C16H22N2OS. The Hall–Kier alpha value is -1.31. The summed E-state index contributed by atoms with van der Waals surface area (Å²) < 4.78 is 0. The summed E-state index contributed by atoms with van der Waals surface area (Å²) in [7, 11) is 1.93. The maximum atomic E-state index is 12.6. The first-order valence-electron chi connectivity index (χ1n) is 7.27. The van der Waals surface area contributed by atoms with Crippen molar-refractivity contribution in [3.63, 3.8) is 0 Å². The molecule has 0 saturated heterocycles. The molecule has 0 spiro atoms. The first-order valence-corrected chi connectivity index (χ1v) is 8.15. The van der Waals surface area contributed by atoms with Gasteiger partial charge in [-0.05, 0) is 24.3 Å². The fourth-order valence-corrected chi connectivity index (χ4v) is 3.52. The van der Waals surface area contributed by atoms with Crippen LogP contribution in [0.1, 0.15) is 53.8 Å². The summed E-state index contributed by atoms with van der Waals surface area (Å²) in [6.07, 6.45) is 7.30. The van der Waals surface area contributed by atoms with E-state index < -0.39 is 0 Å². The Labute approximate surface area is 125 Å². The second-order valence-corrected chi connectivity index (χ2v) is 6.15. The molecule has 0 bridgehead atoms. The molecule has 4 heteroatoms. The number of rotatable bonds is 2. The Morgan fingerprint density at radius 3 is 2.75 bits per heavy atom. The summed E-state index contributed by atoms with van der Waals surface area (Å²) in [6.45, 7) is 0.321. The molecule has 0 unspecified atom stereocenters. The summed E-state index contributed by atoms with van der Waals surface area (Å²) >= 11 is 1.47. The van der Waals surface area contributed by atoms with Crippen LogP contribution in [-0.2, 0) is 0 Å². The number of hydrogen-bond acceptors (Lipinski definition) is 3. The van der Waals surface area contributed by atoms with Gasteiger partial charge in [-0.25, -0.2) is 0 Å². The molecule has 1 amide bonds. The fourth-order valence-electron chi connectivity index (χ4n) is 2.69. The Balaban J connectivity index is 2.11. The lowest BCUT2D eigenvalue weighted by Gasteiger charge is -2.27. The zero-order chi connectivity index (χ0) is 14.4. The molecule has 108 valence electrons. The van der Waals surface area contributed by atoms with E-state index >= 15 is 0 Å². The molecule has 0 radical (unpaired) electrons. The molecule has 0 atom stereocenters. The topological polar surface area (TPSA) is 46.3 Å². The lowest BCUT2D eigenvalue weighted by Crippen LogP contribution is -2.36. The van der Waals surface area contributed by atoms with Gasteiger partial charge in [0.05, 0.1) is 6.54 Å². The lowest BCUT2D eigenvalue weighted by atomic mass is 10.1. The van der Waals surface area contributed by atoms with Crippen LogP contribution < -0.4 is 5.73 Å². The van der Waals surface area contributed by atoms with Crippen LogP contribution in [0.15, 0.2) is 11.4 Å². The Morgan fingerprint density at radius 2 is 2.10 bits per heavy atom. The van der Waals surface area contributed by atoms with Crippen molar-refractivity contribution in [3.8, 4) is 11.8 Å². The summed E-state index contributed by atoms with van der Waals surface area (Å²) in [4.78, 5) is 15.3. The summed E-state index contributed by atoms with van der Waals surface area (Å²) in [5.41, 5.74) is 6.21. The minimum Gasteiger partial charge on any atom is -0.338 e. The zero-order valence-corrected chi connectivity index (χ0v) is 12.8. The smallest absolute Gasteiger partial charge is 0.265 e. The maximum absolute atomic E-state index is 12.6. The zero-order valence-electron chi connectivity index (χ0n) is 12.0. The van der Waals surface area contributed by atoms with Gasteiger partial charge in [0.1, 0.15) is 4.88 Å². The average molecular weight is 290 g/mol. The Bertz CT molecular complexity index is 504. The van der Waals surface area contributed by atoms with Gasteiger partial charge in [-0.2, -0.15) is 0 Å². The molecule has 1 heterocycles. The standard InChI is InChI=1S/C16H22N2OS/c1-18(14-8-4-2-3-5-9-14)16(19)15-13(7-6-11-17)10-12-20-15/h10,12,14H,2-5,8-9,11,17H2,1H3. The molecule has 1 saturated carbocycles. The van der Waals surface area contributed by atoms with Crippen LogP contribution in [0.25, 0.3) is 0 Å². The van der Waals surface area contributed by atoms with Crippen molar-refractivity contribution < 1.29 is 4.79 Å². The van der Waals surface area contributed by atoms with Gasteiger partial charge in [0.25, 0.3) is 5.91 Å². The van der Waals surface area contributed by atoms with E-state index in [1.165, 1.54) is 37.0 Å². The van der Waals surface area contributed by atoms with Crippen LogP contribution in [-0.4, -0.2) is 30.4 Å². The number of carbonyl (C=O) groups excluding carboxylic acids is 1. The molecule has 1 aliphatic carbocycles. The van der Waals surface area contributed by atoms with E-state index in [9.17, 15) is 4.79 Å². The highest BCUT2D eigenvalue weighted by Gasteiger charge is 2.24. The molecule has 1 aliphatic rings. The largest absolute Gasteiger partial charge is 0.338 e. The van der Waals surface area contributed by atoms with Crippen LogP contribution in [0.2, 0.25) is 0 Å². The van der Waals surface area contributed by atoms with Gasteiger partial charge in [0, 0.05) is 18.7 Å². The number of carbonyl (C=O) groups is 1. The van der Waals surface area contributed by atoms with Crippen molar-refractivity contribution >= 4 is 17.2 Å². The van der Waals surface area contributed by atoms with Crippen molar-refractivity contribution in [1.29, 1.82) is 0 Å². The molecule has 1 aromatic heterocycles. The first-order chi connectivity index (χ1) is 9.74. The third-order valence-electron chi connectivity index (χ3n) is 3.88. The number of nitrogens with two attached hydrogens (primary N) is 1. The van der Waals surface area contributed by atoms with Crippen LogP contribution in [0, 0.1) is 11.8 Å². The lowest BCUT2D eigenvalue weighted by molar-refractivity contribution is 0.0722. The second kappa shape index (κ2) is 7.47. The van der Waals surface area contributed by atoms with Crippen molar-refractivity contribution in [2.75, 3.05) is 13.6 Å². The molecule has 20 heavy (non-hydrogen) atoms. The molecule has 2 N–H and O–H groups in total. The van der Waals surface area contributed by atoms with Gasteiger partial charge in [-0.15, -0.1) is 11.3 Å². The van der Waals surface area contributed by atoms with Crippen LogP contribution >= 0.6 is 11.3 Å². The molecule has 2 rings (SSSR count). The highest BCUT2D eigenvalue weighted by atomic mass is 32.1. The first kappa shape index (κ1) is 15.1. The predicted molar refractivity (Wildman–Crippen MR) is 83.8 cm³/mol. The van der Waals surface area contributed by atoms with Gasteiger partial charge in [-0.3, -0.25) is 4.79 Å². The third-order valence-corrected chi connectivity index (χ3v) is 4.78. The Morgan fingerprint density at radius 1 is 1.40 bits per heavy atom. The quantitative estimate of drug-likeness (QED) is 0.672. The molecule has 0 aromatic carbocycles. The average Bonchev–Trinajstić information content (AvgIpc) is 2.76. The van der Waals surface area contributed by atoms with E-state index in [1.54, 1.807) is 0 Å². The van der Waals surface area contributed by atoms with Crippen LogP contribution in [0.4, 0.5) is 0 Å². The Kier molecular flexibility index (Phi) is 5.63. The van der Waals surface area contributed by atoms with E-state index in [0.29, 0.717) is 12.6 Å². The molecule has 1 aromatic rings. The minimum absolute atomic E-state index is 0.105. The second-order valence-electron chi connectivity index (χ2n) is 5.23. The van der Waals surface area contributed by atoms with Crippen molar-refractivity contribution in [2.45, 2.75) is 44.6 Å². The number of nitrogens with zero attached hydrogens (tertiary/aromatic N) is 1. The normalized spacial score (nSPS) is 16.1. The highest BCUT2D eigenvalue weighted by Crippen LogP contribution is 2.24. The summed E-state index contributed by atoms with van der Waals surface area (Å²) in [5, 5.41) is 1.93. The fraction of sp³-hybridized carbons (Fsp3) is 0.562. The maximum Gasteiger partial charge on any atom is 0.265 e. The predicted octanol–water partition coefficient (Wildman–Crippen LogP) is 2.85. The monoisotopic (exact) mass is 290 g/mol. The molecule has 0 aliphatic heterocycles. The van der Waals surface area contributed by atoms with E-state index in [4.69, 9.17) is 5.73 Å². The summed E-state index contributed by atoms with van der Waals surface area (Å²) in [5.74, 6) is 5.92. The van der Waals surface area contributed by atoms with Gasteiger partial charge >= 0.3 is 0 Å². The number of thiophene rings is 1. The third kappa shape index (κ3) is 3.62. The van der Waals surface area contributed by atoms with Crippen LogP contribution in [0.3, 0.4) is 0 Å². The molecule has 3 nitrogen and oxygen atoms in total. The van der Waals surface area contributed by atoms with Crippen molar-refractivity contribution in [1.82, 2.24) is 4.90 Å². The SMILES string of the molecule is CN(C(=O)c1sccc1C#CCN)C1CCCCCC1. The molecule has 1 fully saturated rings. The van der Waals surface area contributed by atoms with Gasteiger partial charge < -0.3 is 10.6 Å². The van der Waals surface area contributed by atoms with Crippen molar-refractivity contribution in [3.05, 3.63) is 21.9 Å². The van der Waals surface area contributed by atoms with Crippen molar-refractivity contribution in [2.24, 2.45) is 5.73 Å². The van der Waals surface area contributed by atoms with Gasteiger partial charge in [0.2, 0.25) is 0 Å². The van der Waals surface area contributed by atoms with E-state index in [0.717, 1.165) is 23.3 Å². The minimum atomic E-state index is 0.105. The van der Waals surface area contributed by atoms with Gasteiger partial charge in [0.15, 0.2) is 0 Å².